The SMILES string of the molecule is CCOc1ccc(-c2nc(-c3cccc4c3CCC4C)no2)cc1C.CCOc1ccc(-c2nc(-c3cccc4c3CCC4C)no2)cc1OCC.Cc1cc(-c2nc(-c3cccc4c3CCC4C)no2)ccc1OC(C)C.[C-]#[N+]c1cc(-c2nc(-c3cccc4c3CCC4C)no2)ccc1OC(C)C.[C-]#[N+]c1cc(-c2nc(-c3cccc4c3CCC4C)no2)ccc1OCC. The molecule has 23 nitrogen and oxygen atoms in total. The van der Waals surface area contributed by atoms with Crippen LogP contribution < -0.4 is 28.4 Å². The first-order chi connectivity index (χ1) is 63.7. The number of ether oxygens (including phenoxy) is 6. The van der Waals surface area contributed by atoms with Crippen molar-refractivity contribution in [3.8, 4) is 149 Å². The van der Waals surface area contributed by atoms with E-state index in [2.05, 4.69) is 180 Å². The Hall–Kier alpha value is -14.3. The first-order valence-electron chi connectivity index (χ1n) is 45.7. The number of fused-ring (bicyclic) bond motifs is 5. The van der Waals surface area contributed by atoms with Crippen LogP contribution in [0.25, 0.3) is 124 Å². The van der Waals surface area contributed by atoms with E-state index < -0.39 is 0 Å². The minimum atomic E-state index is 0.00826. The van der Waals surface area contributed by atoms with Crippen LogP contribution in [0.2, 0.25) is 0 Å². The molecule has 5 aliphatic rings. The summed E-state index contributed by atoms with van der Waals surface area (Å²) in [5.41, 5.74) is 26.2. The van der Waals surface area contributed by atoms with Gasteiger partial charge in [0.15, 0.2) is 11.5 Å². The smallest absolute Gasteiger partial charge is 0.258 e. The molecule has 0 aliphatic heterocycles. The lowest BCUT2D eigenvalue weighted by Crippen LogP contribution is -2.06. The van der Waals surface area contributed by atoms with Gasteiger partial charge in [0, 0.05) is 55.6 Å². The molecule has 23 heteroatoms. The Morgan fingerprint density at radius 1 is 0.305 bits per heavy atom. The number of hydrogen-bond donors (Lipinski definition) is 0. The number of aryl methyl sites for hydroxylation is 2. The van der Waals surface area contributed by atoms with Crippen LogP contribution in [-0.4, -0.2) is 89.3 Å². The maximum atomic E-state index is 7.41. The van der Waals surface area contributed by atoms with Gasteiger partial charge in [-0.25, -0.2) is 9.69 Å². The third kappa shape index (κ3) is 19.8. The molecule has 0 bridgehead atoms. The van der Waals surface area contributed by atoms with E-state index in [-0.39, 0.29) is 12.2 Å². The highest BCUT2D eigenvalue weighted by Crippen LogP contribution is 2.46. The van der Waals surface area contributed by atoms with Crippen molar-refractivity contribution in [2.75, 3.05) is 26.4 Å². The monoisotopic (exact) mass is 1750 g/mol. The van der Waals surface area contributed by atoms with Gasteiger partial charge < -0.3 is 51.0 Å². The molecule has 0 saturated carbocycles. The van der Waals surface area contributed by atoms with Gasteiger partial charge in [0.2, 0.25) is 40.5 Å². The molecule has 5 aliphatic carbocycles. The van der Waals surface area contributed by atoms with Gasteiger partial charge in [0.1, 0.15) is 23.0 Å². The summed E-state index contributed by atoms with van der Waals surface area (Å²) in [7, 11) is 0. The predicted molar refractivity (Wildman–Crippen MR) is 508 cm³/mol. The molecular formula is C108H110N12O11. The number of nitrogens with zero attached hydrogens (tertiary/aromatic N) is 12. The van der Waals surface area contributed by atoms with E-state index in [4.69, 9.17) is 64.2 Å². The van der Waals surface area contributed by atoms with Crippen LogP contribution in [-0.2, 0) is 32.1 Å². The van der Waals surface area contributed by atoms with Gasteiger partial charge >= 0.3 is 0 Å². The molecule has 5 aromatic heterocycles. The van der Waals surface area contributed by atoms with Crippen LogP contribution in [0.15, 0.2) is 205 Å². The van der Waals surface area contributed by atoms with E-state index in [1.165, 1.54) is 74.9 Å². The molecule has 0 radical (unpaired) electrons. The van der Waals surface area contributed by atoms with Gasteiger partial charge in [-0.1, -0.05) is 151 Å². The number of hydrogen-bond acceptors (Lipinski definition) is 21. The van der Waals surface area contributed by atoms with E-state index in [0.717, 1.165) is 129 Å². The van der Waals surface area contributed by atoms with Gasteiger partial charge in [-0.3, -0.25) is 0 Å². The molecule has 0 spiro atoms. The normalized spacial score (nSPS) is 15.8. The second kappa shape index (κ2) is 40.6. The highest BCUT2D eigenvalue weighted by molar-refractivity contribution is 5.75. The van der Waals surface area contributed by atoms with E-state index in [1.54, 1.807) is 24.3 Å². The summed E-state index contributed by atoms with van der Waals surface area (Å²) in [5, 5.41) is 21.1. The largest absolute Gasteiger partial charge is 0.505 e. The highest BCUT2D eigenvalue weighted by Gasteiger charge is 2.31. The Morgan fingerprint density at radius 3 is 0.863 bits per heavy atom. The number of rotatable bonds is 22. The molecule has 5 unspecified atom stereocenters. The Bertz CT molecular complexity index is 6680. The predicted octanol–water partition coefficient (Wildman–Crippen LogP) is 27.2. The first kappa shape index (κ1) is 90.0. The maximum Gasteiger partial charge on any atom is 0.258 e. The van der Waals surface area contributed by atoms with E-state index in [1.807, 2.05) is 142 Å². The summed E-state index contributed by atoms with van der Waals surface area (Å²) in [6.07, 6.45) is 11.3. The lowest BCUT2D eigenvalue weighted by molar-refractivity contribution is 0.241. The van der Waals surface area contributed by atoms with Crippen molar-refractivity contribution in [3.05, 3.63) is 272 Å². The standard InChI is InChI=1S/C22H21N3O2.C22H24N2O3.C22H24N2O2.C21H19N3O2.C21H22N2O2/c1-13(2)26-20-11-9-15(12-19(20)23-4)22-24-21(25-27-22)18-7-5-6-16-14(3)8-10-17(16)18;1-4-25-19-12-10-15(13-20(19)26-5-2)22-23-21(24-27-22)18-8-6-7-16-14(3)9-11-17(16)18;1-13(2)25-20-11-9-16(12-15(20)4)22-23-21(24-26-22)19-7-5-6-17-14(3)8-10-18(17)19;1-4-25-19-11-9-14(12-18(19)22-3)21-23-20(24-26-21)17-7-5-6-15-13(2)8-10-16(15)17;1-4-24-19-11-9-15(12-14(19)3)21-22-20(23-25-21)18-7-5-6-16-13(2)8-10-17(16)18/h5-7,9,11-14H,8,10H2,1-3H3;6-8,10,12-14H,4-5,9,11H2,1-3H3;5-7,9,11-14H,8,10H2,1-4H3;5-7,9,11-13H,4,8,10H2,1-2H3;5-7,9,11-13H,4,8,10H2,1-3H3. The third-order valence-electron chi connectivity index (χ3n) is 24.8. The quantitative estimate of drug-likeness (QED) is 0.0571. The van der Waals surface area contributed by atoms with Gasteiger partial charge in [0.05, 0.1) is 51.8 Å². The summed E-state index contributed by atoms with van der Waals surface area (Å²) in [6.45, 7) is 48.2. The molecular weight excluding hydrogens is 1640 g/mol. The molecule has 5 heterocycles. The number of benzene rings is 10. The second-order valence-corrected chi connectivity index (χ2v) is 34.5. The van der Waals surface area contributed by atoms with Gasteiger partial charge in [-0.15, -0.1) is 0 Å². The minimum absolute atomic E-state index is 0.00826. The molecule has 668 valence electrons. The molecule has 0 fully saturated rings. The van der Waals surface area contributed by atoms with Gasteiger partial charge in [-0.2, -0.15) is 24.9 Å². The Labute approximate surface area is 765 Å². The Morgan fingerprint density at radius 2 is 0.557 bits per heavy atom. The molecule has 0 saturated heterocycles. The minimum Gasteiger partial charge on any atom is -0.505 e. The van der Waals surface area contributed by atoms with Gasteiger partial charge in [0.25, 0.3) is 29.5 Å². The van der Waals surface area contributed by atoms with Gasteiger partial charge in [-0.05, 0) is 321 Å². The summed E-state index contributed by atoms with van der Waals surface area (Å²) in [4.78, 5) is 30.3. The first-order valence-corrected chi connectivity index (χ1v) is 45.7. The van der Waals surface area contributed by atoms with Crippen molar-refractivity contribution in [1.29, 1.82) is 0 Å². The fourth-order valence-corrected chi connectivity index (χ4v) is 18.2. The van der Waals surface area contributed by atoms with Crippen LogP contribution in [0.3, 0.4) is 0 Å². The third-order valence-corrected chi connectivity index (χ3v) is 24.8. The van der Waals surface area contributed by atoms with Crippen molar-refractivity contribution in [3.63, 3.8) is 0 Å². The van der Waals surface area contributed by atoms with E-state index >= 15 is 0 Å². The van der Waals surface area contributed by atoms with Crippen LogP contribution in [0.5, 0.6) is 34.5 Å². The summed E-state index contributed by atoms with van der Waals surface area (Å²) < 4.78 is 61.6. The van der Waals surface area contributed by atoms with Crippen molar-refractivity contribution < 1.29 is 51.0 Å². The fraction of sp³-hybridized carbons (Fsp3) is 0.333. The zero-order valence-electron chi connectivity index (χ0n) is 77.1. The lowest BCUT2D eigenvalue weighted by Gasteiger charge is -2.12. The molecule has 10 aromatic carbocycles. The average Bonchev–Trinajstić information content (AvgIpc) is 1.66. The van der Waals surface area contributed by atoms with Crippen LogP contribution in [0.4, 0.5) is 11.4 Å². The summed E-state index contributed by atoms with van der Waals surface area (Å²) in [6, 6.07) is 60.1. The topological polar surface area (TPSA) is 259 Å². The summed E-state index contributed by atoms with van der Waals surface area (Å²) in [5.74, 6) is 12.9. The molecule has 0 amide bonds. The van der Waals surface area contributed by atoms with Crippen molar-refractivity contribution in [2.45, 2.75) is 210 Å². The average molecular weight is 1750 g/mol. The van der Waals surface area contributed by atoms with Crippen LogP contribution in [0.1, 0.15) is 218 Å². The van der Waals surface area contributed by atoms with E-state index in [0.29, 0.717) is 143 Å². The van der Waals surface area contributed by atoms with Crippen molar-refractivity contribution in [1.82, 2.24) is 50.7 Å². The fourth-order valence-electron chi connectivity index (χ4n) is 18.2. The van der Waals surface area contributed by atoms with Crippen molar-refractivity contribution >= 4 is 11.4 Å². The molecule has 5 atom stereocenters. The second-order valence-electron chi connectivity index (χ2n) is 34.5. The lowest BCUT2D eigenvalue weighted by atomic mass is 9.99. The Balaban J connectivity index is 0.000000120. The van der Waals surface area contributed by atoms with Crippen molar-refractivity contribution in [2.24, 2.45) is 0 Å². The Kier molecular flexibility index (Phi) is 27.9. The molecule has 20 rings (SSSR count). The zero-order chi connectivity index (χ0) is 91.5. The van der Waals surface area contributed by atoms with E-state index in [9.17, 15) is 0 Å². The summed E-state index contributed by atoms with van der Waals surface area (Å²) >= 11 is 0. The number of aromatic nitrogens is 10. The zero-order valence-corrected chi connectivity index (χ0v) is 77.1. The molecule has 0 N–H and O–H groups in total. The highest BCUT2D eigenvalue weighted by atomic mass is 16.5. The maximum absolute atomic E-state index is 7.41. The molecule has 15 aromatic rings. The molecule has 131 heavy (non-hydrogen) atoms. The van der Waals surface area contributed by atoms with Crippen LogP contribution in [0, 0.1) is 27.0 Å². The van der Waals surface area contributed by atoms with Crippen LogP contribution >= 0.6 is 0 Å².